The third kappa shape index (κ3) is 3.67. The molecule has 5 rings (SSSR count). The van der Waals surface area contributed by atoms with Gasteiger partial charge in [0.2, 0.25) is 5.91 Å². The van der Waals surface area contributed by atoms with E-state index in [9.17, 15) is 14.4 Å². The first-order chi connectivity index (χ1) is 16.1. The van der Waals surface area contributed by atoms with Gasteiger partial charge in [-0.2, -0.15) is 5.10 Å². The minimum absolute atomic E-state index is 0.137. The van der Waals surface area contributed by atoms with E-state index in [-0.39, 0.29) is 17.5 Å². The molecule has 1 aromatic heterocycles. The molecule has 0 saturated carbocycles. The first-order valence-corrected chi connectivity index (χ1v) is 11.0. The summed E-state index contributed by atoms with van der Waals surface area (Å²) in [6.45, 7) is 1.17. The molecule has 0 bridgehead atoms. The number of benzene rings is 2. The summed E-state index contributed by atoms with van der Waals surface area (Å²) in [5.74, 6) is 0.613. The summed E-state index contributed by atoms with van der Waals surface area (Å²) in [6.07, 6.45) is 3.73. The molecule has 0 unspecified atom stereocenters. The molecule has 2 aliphatic heterocycles. The summed E-state index contributed by atoms with van der Waals surface area (Å²) in [5, 5.41) is 4.41. The average molecular weight is 444 g/mol. The predicted molar refractivity (Wildman–Crippen MR) is 124 cm³/mol. The van der Waals surface area contributed by atoms with E-state index in [1.54, 1.807) is 41.2 Å². The Morgan fingerprint density at radius 3 is 2.15 bits per heavy atom. The molecule has 0 aliphatic carbocycles. The molecular formula is C25H24N4O4. The molecule has 33 heavy (non-hydrogen) atoms. The summed E-state index contributed by atoms with van der Waals surface area (Å²) >= 11 is 0. The van der Waals surface area contributed by atoms with Crippen LogP contribution in [0.3, 0.4) is 0 Å². The average Bonchev–Trinajstić information content (AvgIpc) is 3.24. The van der Waals surface area contributed by atoms with E-state index in [1.807, 2.05) is 24.3 Å². The number of piperidine rings is 1. The zero-order chi connectivity index (χ0) is 22.9. The zero-order valence-electron chi connectivity index (χ0n) is 18.4. The summed E-state index contributed by atoms with van der Waals surface area (Å²) < 4.78 is 6.75. The molecule has 3 heterocycles. The molecule has 8 nitrogen and oxygen atoms in total. The molecule has 1 saturated heterocycles. The van der Waals surface area contributed by atoms with Crippen LogP contribution < -0.4 is 14.5 Å². The lowest BCUT2D eigenvalue weighted by molar-refractivity contribution is -0.119. The lowest BCUT2D eigenvalue weighted by Gasteiger charge is -2.29. The number of carbonyl (C=O) groups excluding carboxylic acids is 3. The van der Waals surface area contributed by atoms with Crippen LogP contribution in [0.2, 0.25) is 0 Å². The van der Waals surface area contributed by atoms with Gasteiger partial charge in [-0.3, -0.25) is 14.4 Å². The van der Waals surface area contributed by atoms with Crippen LogP contribution in [0.5, 0.6) is 5.75 Å². The van der Waals surface area contributed by atoms with Crippen LogP contribution in [0.15, 0.2) is 48.5 Å². The first kappa shape index (κ1) is 20.9. The number of hydrogen-bond donors (Lipinski definition) is 0. The van der Waals surface area contributed by atoms with Crippen LogP contribution in [-0.4, -0.2) is 48.1 Å². The number of ether oxygens (including phenoxy) is 1. The Balaban J connectivity index is 1.47. The fourth-order valence-corrected chi connectivity index (χ4v) is 4.53. The van der Waals surface area contributed by atoms with Crippen LogP contribution in [0, 0.1) is 0 Å². The van der Waals surface area contributed by atoms with Gasteiger partial charge in [0.05, 0.1) is 12.8 Å². The lowest BCUT2D eigenvalue weighted by atomic mass is 10.0. The van der Waals surface area contributed by atoms with Gasteiger partial charge in [-0.1, -0.05) is 0 Å². The second-order valence-corrected chi connectivity index (χ2v) is 8.17. The third-order valence-electron chi connectivity index (χ3n) is 6.27. The maximum absolute atomic E-state index is 13.6. The number of amides is 2. The molecule has 0 atom stereocenters. The standard InChI is InChI=1S/C25H24N4O4/c1-33-20-11-9-19(10-12-20)29-24-21(22(16-30)26-29)13-15-28(25(24)32)18-7-5-17(6-8-18)27-14-3-2-4-23(27)31/h5-12,16H,2-4,13-15H2,1H3. The van der Waals surface area contributed by atoms with Crippen molar-refractivity contribution < 1.29 is 19.1 Å². The van der Waals surface area contributed by atoms with E-state index < -0.39 is 0 Å². The smallest absolute Gasteiger partial charge is 0.277 e. The first-order valence-electron chi connectivity index (χ1n) is 11.0. The van der Waals surface area contributed by atoms with Gasteiger partial charge in [0, 0.05) is 36.4 Å². The highest BCUT2D eigenvalue weighted by molar-refractivity contribution is 6.08. The summed E-state index contributed by atoms with van der Waals surface area (Å²) in [4.78, 5) is 40.9. The van der Waals surface area contributed by atoms with Gasteiger partial charge in [-0.25, -0.2) is 4.68 Å². The summed E-state index contributed by atoms with van der Waals surface area (Å²) in [6, 6.07) is 14.7. The van der Waals surface area contributed by atoms with Gasteiger partial charge >= 0.3 is 0 Å². The van der Waals surface area contributed by atoms with Crippen molar-refractivity contribution >= 4 is 29.5 Å². The Morgan fingerprint density at radius 1 is 0.848 bits per heavy atom. The quantitative estimate of drug-likeness (QED) is 0.563. The van der Waals surface area contributed by atoms with Crippen molar-refractivity contribution in [3.8, 4) is 11.4 Å². The molecule has 1 fully saturated rings. The van der Waals surface area contributed by atoms with Crippen molar-refractivity contribution in [1.82, 2.24) is 9.78 Å². The van der Waals surface area contributed by atoms with E-state index in [4.69, 9.17) is 4.74 Å². The van der Waals surface area contributed by atoms with Gasteiger partial charge < -0.3 is 14.5 Å². The Hall–Kier alpha value is -3.94. The Kier molecular flexibility index (Phi) is 5.42. The maximum Gasteiger partial charge on any atom is 0.277 e. The second-order valence-electron chi connectivity index (χ2n) is 8.17. The van der Waals surface area contributed by atoms with Crippen molar-refractivity contribution in [2.75, 3.05) is 30.0 Å². The predicted octanol–water partition coefficient (Wildman–Crippen LogP) is 3.41. The molecular weight excluding hydrogens is 420 g/mol. The van der Waals surface area contributed by atoms with Gasteiger partial charge in [0.1, 0.15) is 17.1 Å². The van der Waals surface area contributed by atoms with Crippen molar-refractivity contribution in [2.45, 2.75) is 25.7 Å². The van der Waals surface area contributed by atoms with E-state index >= 15 is 0 Å². The number of fused-ring (bicyclic) bond motifs is 1. The molecule has 2 amide bonds. The van der Waals surface area contributed by atoms with Gasteiger partial charge in [0.25, 0.3) is 5.91 Å². The Bertz CT molecular complexity index is 1210. The minimum atomic E-state index is -0.213. The van der Waals surface area contributed by atoms with E-state index in [2.05, 4.69) is 5.10 Å². The minimum Gasteiger partial charge on any atom is -0.497 e. The number of nitrogens with zero attached hydrogens (tertiary/aromatic N) is 4. The largest absolute Gasteiger partial charge is 0.497 e. The third-order valence-corrected chi connectivity index (χ3v) is 6.27. The molecule has 0 N–H and O–H groups in total. The van der Waals surface area contributed by atoms with Gasteiger partial charge in [-0.15, -0.1) is 0 Å². The number of rotatable bonds is 5. The highest BCUT2D eigenvalue weighted by Crippen LogP contribution is 2.30. The van der Waals surface area contributed by atoms with Crippen LogP contribution in [-0.2, 0) is 11.2 Å². The van der Waals surface area contributed by atoms with Crippen molar-refractivity contribution in [3.05, 3.63) is 65.5 Å². The Labute approximate surface area is 191 Å². The van der Waals surface area contributed by atoms with Crippen LogP contribution in [0.25, 0.3) is 5.69 Å². The zero-order valence-corrected chi connectivity index (χ0v) is 18.4. The maximum atomic E-state index is 13.6. The number of aldehydes is 1. The van der Waals surface area contributed by atoms with Gasteiger partial charge in [0.15, 0.2) is 6.29 Å². The topological polar surface area (TPSA) is 84.7 Å². The molecule has 3 aromatic rings. The number of hydrogen-bond acceptors (Lipinski definition) is 5. The van der Waals surface area contributed by atoms with Crippen LogP contribution in [0.4, 0.5) is 11.4 Å². The summed E-state index contributed by atoms with van der Waals surface area (Å²) in [5.41, 5.74) is 3.61. The van der Waals surface area contributed by atoms with E-state index in [1.165, 1.54) is 4.68 Å². The monoisotopic (exact) mass is 444 g/mol. The van der Waals surface area contributed by atoms with E-state index in [0.717, 1.165) is 30.8 Å². The molecule has 0 radical (unpaired) electrons. The highest BCUT2D eigenvalue weighted by atomic mass is 16.5. The van der Waals surface area contributed by atoms with Crippen LogP contribution >= 0.6 is 0 Å². The number of methoxy groups -OCH3 is 1. The molecule has 2 aromatic carbocycles. The van der Waals surface area contributed by atoms with Crippen molar-refractivity contribution in [1.29, 1.82) is 0 Å². The normalized spacial score (nSPS) is 16.0. The molecule has 2 aliphatic rings. The van der Waals surface area contributed by atoms with Gasteiger partial charge in [-0.05, 0) is 67.8 Å². The SMILES string of the molecule is COc1ccc(-n2nc(C=O)c3c2C(=O)N(c2ccc(N4CCCCC4=O)cc2)CC3)cc1. The van der Waals surface area contributed by atoms with E-state index in [0.29, 0.717) is 48.4 Å². The van der Waals surface area contributed by atoms with Crippen molar-refractivity contribution in [2.24, 2.45) is 0 Å². The Morgan fingerprint density at radius 2 is 1.52 bits per heavy atom. The molecule has 8 heteroatoms. The number of carbonyl (C=O) groups is 3. The lowest BCUT2D eigenvalue weighted by Crippen LogP contribution is -2.39. The van der Waals surface area contributed by atoms with Crippen LogP contribution in [0.1, 0.15) is 45.8 Å². The second kappa shape index (κ2) is 8.54. The molecule has 0 spiro atoms. The number of anilines is 2. The fourth-order valence-electron chi connectivity index (χ4n) is 4.53. The van der Waals surface area contributed by atoms with Crippen molar-refractivity contribution in [3.63, 3.8) is 0 Å². The summed E-state index contributed by atoms with van der Waals surface area (Å²) in [7, 11) is 1.59. The highest BCUT2D eigenvalue weighted by Gasteiger charge is 2.33. The fraction of sp³-hybridized carbons (Fsp3) is 0.280. The number of aromatic nitrogens is 2. The molecule has 168 valence electrons.